The quantitative estimate of drug-likeness (QED) is 0.231. The lowest BCUT2D eigenvalue weighted by atomic mass is 9.77. The minimum absolute atomic E-state index is 0.0159. The first kappa shape index (κ1) is 24.4. The average Bonchev–Trinajstić information content (AvgIpc) is 3.14. The minimum Gasteiger partial charge on any atom is -0.378 e. The first-order valence-electron chi connectivity index (χ1n) is 10.9. The molecule has 11 heteroatoms. The van der Waals surface area contributed by atoms with Crippen molar-refractivity contribution < 1.29 is 13.3 Å². The second kappa shape index (κ2) is 9.29. The van der Waals surface area contributed by atoms with E-state index in [0.29, 0.717) is 16.3 Å². The van der Waals surface area contributed by atoms with Crippen LogP contribution in [0, 0.1) is 16.0 Å². The highest BCUT2D eigenvalue weighted by Gasteiger charge is 2.50. The summed E-state index contributed by atoms with van der Waals surface area (Å²) in [5, 5.41) is 20.6. The number of para-hydroxylation sites is 1. The maximum absolute atomic E-state index is 12.1. The molecular formula is C24H21Cl2N3O4S2. The van der Waals surface area contributed by atoms with Crippen molar-refractivity contribution in [2.45, 2.75) is 38.8 Å². The summed E-state index contributed by atoms with van der Waals surface area (Å²) in [6, 6.07) is 18.9. The monoisotopic (exact) mass is 549 g/mol. The van der Waals surface area contributed by atoms with Gasteiger partial charge in [-0.05, 0) is 59.9 Å². The van der Waals surface area contributed by atoms with Crippen LogP contribution < -0.4 is 10.5 Å². The van der Waals surface area contributed by atoms with E-state index in [9.17, 15) is 18.5 Å². The molecule has 182 valence electrons. The number of hydrogen-bond donors (Lipinski definition) is 2. The number of nitrogens with one attached hydrogen (secondary N) is 1. The molecule has 7 nitrogen and oxygen atoms in total. The number of halogens is 2. The van der Waals surface area contributed by atoms with Crippen molar-refractivity contribution in [3.63, 3.8) is 0 Å². The van der Waals surface area contributed by atoms with Crippen molar-refractivity contribution in [3.05, 3.63) is 93.0 Å². The third-order valence-electron chi connectivity index (χ3n) is 6.68. The predicted molar refractivity (Wildman–Crippen MR) is 139 cm³/mol. The molecular weight excluding hydrogens is 529 g/mol. The van der Waals surface area contributed by atoms with E-state index in [1.54, 1.807) is 30.3 Å². The van der Waals surface area contributed by atoms with Crippen LogP contribution in [-0.4, -0.2) is 24.0 Å². The standard InChI is InChI=1S/C24H21Cl2N3O4S2/c25-14-7-5-13(6-8-14)24-17-12-21(34-20-4-2-1-3-19(20)29(30)31)23(26)22(17)16-11-15(35(27,32)33)9-10-18(16)28-24/h1-11,17,21-24,28H,12H2,(H2,27,32,33)/t17-,21-,22+,23+,24+/m1/s1. The zero-order chi connectivity index (χ0) is 24.9. The van der Waals surface area contributed by atoms with Crippen LogP contribution in [0.4, 0.5) is 11.4 Å². The average molecular weight is 550 g/mol. The van der Waals surface area contributed by atoms with E-state index in [0.717, 1.165) is 16.8 Å². The second-order valence-electron chi connectivity index (χ2n) is 8.72. The van der Waals surface area contributed by atoms with Gasteiger partial charge in [0.1, 0.15) is 0 Å². The van der Waals surface area contributed by atoms with Crippen LogP contribution in [-0.2, 0) is 10.0 Å². The summed E-state index contributed by atoms with van der Waals surface area (Å²) in [6.45, 7) is 0. The Bertz CT molecular complexity index is 1400. The molecule has 3 aromatic carbocycles. The lowest BCUT2D eigenvalue weighted by Crippen LogP contribution is -2.31. The fourth-order valence-electron chi connectivity index (χ4n) is 5.14. The summed E-state index contributed by atoms with van der Waals surface area (Å²) >= 11 is 14.6. The Morgan fingerprint density at radius 3 is 2.49 bits per heavy atom. The number of nitro groups is 1. The van der Waals surface area contributed by atoms with Gasteiger partial charge in [0.05, 0.1) is 26.1 Å². The zero-order valence-electron chi connectivity index (χ0n) is 18.2. The smallest absolute Gasteiger partial charge is 0.282 e. The summed E-state index contributed by atoms with van der Waals surface area (Å²) in [5.41, 5.74) is 2.66. The Morgan fingerprint density at radius 1 is 1.09 bits per heavy atom. The Hall–Kier alpha value is -2.30. The summed E-state index contributed by atoms with van der Waals surface area (Å²) < 4.78 is 24.1. The van der Waals surface area contributed by atoms with E-state index in [4.69, 9.17) is 28.3 Å². The SMILES string of the molecule is NS(=O)(=O)c1ccc2c(c1)[C@@H]1[C@@H](Cl)[C@H](Sc3ccccc3[N+](=O)[O-])C[C@H]1[C@H](c1ccc(Cl)cc1)N2. The van der Waals surface area contributed by atoms with Crippen LogP contribution in [0.1, 0.15) is 29.5 Å². The van der Waals surface area contributed by atoms with Crippen LogP contribution in [0.2, 0.25) is 5.02 Å². The number of anilines is 1. The number of sulfonamides is 1. The van der Waals surface area contributed by atoms with Crippen molar-refractivity contribution in [2.75, 3.05) is 5.32 Å². The minimum atomic E-state index is -3.90. The molecule has 1 fully saturated rings. The first-order valence-corrected chi connectivity index (χ1v) is 14.1. The Labute approximate surface area is 217 Å². The lowest BCUT2D eigenvalue weighted by molar-refractivity contribution is -0.387. The van der Waals surface area contributed by atoms with E-state index in [2.05, 4.69) is 5.32 Å². The maximum atomic E-state index is 12.1. The summed E-state index contributed by atoms with van der Waals surface area (Å²) in [7, 11) is -3.90. The Kier molecular flexibility index (Phi) is 6.48. The molecule has 1 aliphatic carbocycles. The van der Waals surface area contributed by atoms with Crippen molar-refractivity contribution in [1.29, 1.82) is 0 Å². The lowest BCUT2D eigenvalue weighted by Gasteiger charge is -2.38. The highest BCUT2D eigenvalue weighted by molar-refractivity contribution is 8.00. The Morgan fingerprint density at radius 2 is 1.80 bits per heavy atom. The third kappa shape index (κ3) is 4.63. The number of hydrogen-bond acceptors (Lipinski definition) is 6. The molecule has 5 rings (SSSR count). The van der Waals surface area contributed by atoms with E-state index < -0.39 is 15.4 Å². The molecule has 0 saturated heterocycles. The van der Waals surface area contributed by atoms with Gasteiger partial charge in [0.15, 0.2) is 0 Å². The maximum Gasteiger partial charge on any atom is 0.282 e. The number of fused-ring (bicyclic) bond motifs is 3. The summed E-state index contributed by atoms with van der Waals surface area (Å²) in [4.78, 5) is 11.8. The predicted octanol–water partition coefficient (Wildman–Crippen LogP) is 5.93. The van der Waals surface area contributed by atoms with E-state index in [1.807, 2.05) is 24.3 Å². The molecule has 0 bridgehead atoms. The molecule has 2 aliphatic rings. The van der Waals surface area contributed by atoms with Crippen molar-refractivity contribution in [3.8, 4) is 0 Å². The molecule has 5 atom stereocenters. The zero-order valence-corrected chi connectivity index (χ0v) is 21.3. The summed E-state index contributed by atoms with van der Waals surface area (Å²) in [6.07, 6.45) is 0.675. The molecule has 0 spiro atoms. The number of benzene rings is 3. The number of nitro benzene ring substituents is 1. The highest BCUT2D eigenvalue weighted by atomic mass is 35.5. The van der Waals surface area contributed by atoms with Crippen LogP contribution in [0.3, 0.4) is 0 Å². The molecule has 3 aromatic rings. The van der Waals surface area contributed by atoms with Gasteiger partial charge in [0.2, 0.25) is 10.0 Å². The fraction of sp³-hybridized carbons (Fsp3) is 0.250. The van der Waals surface area contributed by atoms with Crippen LogP contribution >= 0.6 is 35.0 Å². The van der Waals surface area contributed by atoms with E-state index in [-0.39, 0.29) is 38.6 Å². The molecule has 0 aromatic heterocycles. The van der Waals surface area contributed by atoms with Gasteiger partial charge in [0.25, 0.3) is 5.69 Å². The molecule has 0 radical (unpaired) electrons. The normalized spacial score (nSPS) is 25.4. The van der Waals surface area contributed by atoms with Gasteiger partial charge in [-0.15, -0.1) is 23.4 Å². The molecule has 1 heterocycles. The molecule has 1 aliphatic heterocycles. The molecule has 3 N–H and O–H groups in total. The summed E-state index contributed by atoms with van der Waals surface area (Å²) in [5.74, 6) is -0.169. The van der Waals surface area contributed by atoms with Gasteiger partial charge in [-0.25, -0.2) is 13.6 Å². The van der Waals surface area contributed by atoms with Gasteiger partial charge < -0.3 is 5.32 Å². The number of rotatable bonds is 5. The number of nitrogens with zero attached hydrogens (tertiary/aromatic N) is 1. The van der Waals surface area contributed by atoms with Crippen molar-refractivity contribution >= 4 is 56.4 Å². The van der Waals surface area contributed by atoms with Crippen LogP contribution in [0.25, 0.3) is 0 Å². The molecule has 0 amide bonds. The largest absolute Gasteiger partial charge is 0.378 e. The molecule has 35 heavy (non-hydrogen) atoms. The van der Waals surface area contributed by atoms with Crippen LogP contribution in [0.5, 0.6) is 0 Å². The van der Waals surface area contributed by atoms with Crippen molar-refractivity contribution in [2.24, 2.45) is 11.1 Å². The third-order valence-corrected chi connectivity index (χ3v) is 9.96. The second-order valence-corrected chi connectivity index (χ2v) is 12.5. The van der Waals surface area contributed by atoms with Crippen molar-refractivity contribution in [1.82, 2.24) is 0 Å². The number of primary sulfonamides is 1. The highest BCUT2D eigenvalue weighted by Crippen LogP contribution is 2.58. The first-order chi connectivity index (χ1) is 16.6. The van der Waals surface area contributed by atoms with E-state index in [1.165, 1.54) is 23.9 Å². The van der Waals surface area contributed by atoms with Gasteiger partial charge in [0, 0.05) is 27.9 Å². The number of alkyl halides is 1. The Balaban J connectivity index is 1.57. The van der Waals surface area contributed by atoms with Crippen LogP contribution in [0.15, 0.2) is 76.5 Å². The fourth-order valence-corrected chi connectivity index (χ4v) is 7.76. The topological polar surface area (TPSA) is 115 Å². The van der Waals surface area contributed by atoms with E-state index >= 15 is 0 Å². The van der Waals surface area contributed by atoms with Gasteiger partial charge in [-0.2, -0.15) is 0 Å². The number of thioether (sulfide) groups is 1. The van der Waals surface area contributed by atoms with Gasteiger partial charge >= 0.3 is 0 Å². The molecule has 0 unspecified atom stereocenters. The number of nitrogens with two attached hydrogens (primary N) is 1. The van der Waals surface area contributed by atoms with Gasteiger partial charge in [-0.1, -0.05) is 35.9 Å². The van der Waals surface area contributed by atoms with Gasteiger partial charge in [-0.3, -0.25) is 10.1 Å². The molecule has 1 saturated carbocycles.